The fourth-order valence-corrected chi connectivity index (χ4v) is 3.11. The summed E-state index contributed by atoms with van der Waals surface area (Å²) in [4.78, 5) is 13.9. The van der Waals surface area contributed by atoms with Crippen LogP contribution in [0.5, 0.6) is 0 Å². The van der Waals surface area contributed by atoms with Crippen molar-refractivity contribution in [1.29, 1.82) is 0 Å². The summed E-state index contributed by atoms with van der Waals surface area (Å²) in [5, 5.41) is 13.0. The highest BCUT2D eigenvalue weighted by molar-refractivity contribution is 5.78. The molecule has 2 aliphatic rings. The zero-order valence-corrected chi connectivity index (χ0v) is 11.6. The van der Waals surface area contributed by atoms with Crippen LogP contribution in [0.4, 0.5) is 0 Å². The molecule has 0 bridgehead atoms. The average Bonchev–Trinajstić information content (AvgIpc) is 2.30. The zero-order chi connectivity index (χ0) is 13.2. The lowest BCUT2D eigenvalue weighted by Crippen LogP contribution is -2.63. The quantitative estimate of drug-likeness (QED) is 0.791. The molecule has 1 amide bonds. The number of likely N-dealkylation sites (tertiary alicyclic amines) is 1. The smallest absolute Gasteiger partial charge is 0.234 e. The first-order chi connectivity index (χ1) is 8.52. The molecule has 1 saturated heterocycles. The molecule has 0 aromatic carbocycles. The normalized spacial score (nSPS) is 31.7. The number of hydrogen-bond donors (Lipinski definition) is 2. The Hall–Kier alpha value is -0.610. The van der Waals surface area contributed by atoms with Crippen molar-refractivity contribution in [3.63, 3.8) is 0 Å². The molecule has 2 unspecified atom stereocenters. The lowest BCUT2D eigenvalue weighted by Gasteiger charge is -2.46. The summed E-state index contributed by atoms with van der Waals surface area (Å²) in [5.74, 6) is 0.721. The number of rotatable bonds is 4. The van der Waals surface area contributed by atoms with Crippen LogP contribution in [-0.2, 0) is 4.79 Å². The van der Waals surface area contributed by atoms with E-state index in [1.165, 1.54) is 19.3 Å². The van der Waals surface area contributed by atoms with E-state index >= 15 is 0 Å². The van der Waals surface area contributed by atoms with E-state index < -0.39 is 5.60 Å². The second-order valence-corrected chi connectivity index (χ2v) is 6.16. The van der Waals surface area contributed by atoms with E-state index in [-0.39, 0.29) is 5.91 Å². The Balaban J connectivity index is 1.70. The highest BCUT2D eigenvalue weighted by Gasteiger charge is 2.40. The van der Waals surface area contributed by atoms with Crippen LogP contribution in [0, 0.1) is 5.92 Å². The Bertz CT molecular complexity index is 300. The van der Waals surface area contributed by atoms with Gasteiger partial charge >= 0.3 is 0 Å². The number of carbonyl (C=O) groups excluding carboxylic acids is 1. The van der Waals surface area contributed by atoms with Crippen molar-refractivity contribution < 1.29 is 9.90 Å². The standard InChI is InChI=1S/C14H26N2O2/c1-3-14(18)9-16(10-14)8-13(17)15-12-7-5-4-6-11(12)2/h11-12,18H,3-10H2,1-2H3,(H,15,17). The molecule has 1 aliphatic carbocycles. The highest BCUT2D eigenvalue weighted by atomic mass is 16.3. The van der Waals surface area contributed by atoms with Gasteiger partial charge in [0.1, 0.15) is 0 Å². The molecule has 0 spiro atoms. The Labute approximate surface area is 110 Å². The molecule has 0 aromatic heterocycles. The average molecular weight is 254 g/mol. The van der Waals surface area contributed by atoms with Crippen molar-refractivity contribution in [2.45, 2.75) is 57.6 Å². The fraction of sp³-hybridized carbons (Fsp3) is 0.929. The van der Waals surface area contributed by atoms with Crippen LogP contribution in [0.25, 0.3) is 0 Å². The molecule has 0 aromatic rings. The Morgan fingerprint density at radius 2 is 2.06 bits per heavy atom. The third kappa shape index (κ3) is 3.23. The molecule has 2 fully saturated rings. The van der Waals surface area contributed by atoms with E-state index in [1.807, 2.05) is 11.8 Å². The number of aliphatic hydroxyl groups is 1. The Morgan fingerprint density at radius 1 is 1.39 bits per heavy atom. The predicted octanol–water partition coefficient (Wildman–Crippen LogP) is 1.14. The SMILES string of the molecule is CCC1(O)CN(CC(=O)NC2CCCCC2C)C1. The van der Waals surface area contributed by atoms with Crippen molar-refractivity contribution in [3.05, 3.63) is 0 Å². The maximum Gasteiger partial charge on any atom is 0.234 e. The van der Waals surface area contributed by atoms with Crippen molar-refractivity contribution in [1.82, 2.24) is 10.2 Å². The molecule has 4 heteroatoms. The zero-order valence-electron chi connectivity index (χ0n) is 11.6. The van der Waals surface area contributed by atoms with Gasteiger partial charge in [-0.05, 0) is 25.2 Å². The lowest BCUT2D eigenvalue weighted by atomic mass is 9.86. The molecular weight excluding hydrogens is 228 g/mol. The number of nitrogens with zero attached hydrogens (tertiary/aromatic N) is 1. The summed E-state index contributed by atoms with van der Waals surface area (Å²) in [6, 6.07) is 0.359. The van der Waals surface area contributed by atoms with E-state index in [0.29, 0.717) is 31.6 Å². The third-order valence-corrected chi connectivity index (χ3v) is 4.52. The molecule has 18 heavy (non-hydrogen) atoms. The van der Waals surface area contributed by atoms with Crippen LogP contribution in [0.3, 0.4) is 0 Å². The summed E-state index contributed by atoms with van der Waals surface area (Å²) in [7, 11) is 0. The van der Waals surface area contributed by atoms with Crippen LogP contribution >= 0.6 is 0 Å². The van der Waals surface area contributed by atoms with Gasteiger partial charge in [-0.2, -0.15) is 0 Å². The lowest BCUT2D eigenvalue weighted by molar-refractivity contribution is -0.134. The third-order valence-electron chi connectivity index (χ3n) is 4.52. The van der Waals surface area contributed by atoms with Gasteiger partial charge in [0.25, 0.3) is 0 Å². The molecule has 2 rings (SSSR count). The summed E-state index contributed by atoms with van der Waals surface area (Å²) in [6.07, 6.45) is 5.64. The minimum atomic E-state index is -0.543. The molecule has 4 nitrogen and oxygen atoms in total. The number of nitrogens with one attached hydrogen (secondary N) is 1. The van der Waals surface area contributed by atoms with Gasteiger partial charge in [-0.3, -0.25) is 9.69 Å². The van der Waals surface area contributed by atoms with E-state index in [0.717, 1.165) is 12.8 Å². The Morgan fingerprint density at radius 3 is 2.67 bits per heavy atom. The summed E-state index contributed by atoms with van der Waals surface area (Å²) in [6.45, 7) is 5.92. The topological polar surface area (TPSA) is 52.6 Å². The van der Waals surface area contributed by atoms with Crippen LogP contribution in [0.2, 0.25) is 0 Å². The molecule has 2 atom stereocenters. The first-order valence-electron chi connectivity index (χ1n) is 7.26. The predicted molar refractivity (Wildman–Crippen MR) is 71.2 cm³/mol. The summed E-state index contributed by atoms with van der Waals surface area (Å²) in [5.41, 5.74) is -0.543. The molecule has 1 heterocycles. The number of amides is 1. The van der Waals surface area contributed by atoms with E-state index in [2.05, 4.69) is 12.2 Å². The number of hydrogen-bond acceptors (Lipinski definition) is 3. The number of β-amino-alcohol motifs (C(OH)–C–C–N with tert-alkyl or cyclic N) is 1. The first-order valence-corrected chi connectivity index (χ1v) is 7.26. The van der Waals surface area contributed by atoms with Crippen LogP contribution in [-0.4, -0.2) is 47.2 Å². The van der Waals surface area contributed by atoms with Crippen LogP contribution in [0.15, 0.2) is 0 Å². The van der Waals surface area contributed by atoms with E-state index in [4.69, 9.17) is 0 Å². The van der Waals surface area contributed by atoms with Gasteiger partial charge in [0.2, 0.25) is 5.91 Å². The van der Waals surface area contributed by atoms with Gasteiger partial charge in [-0.15, -0.1) is 0 Å². The van der Waals surface area contributed by atoms with E-state index in [1.54, 1.807) is 0 Å². The molecule has 1 saturated carbocycles. The monoisotopic (exact) mass is 254 g/mol. The largest absolute Gasteiger partial charge is 0.387 e. The second-order valence-electron chi connectivity index (χ2n) is 6.16. The van der Waals surface area contributed by atoms with Crippen LogP contribution < -0.4 is 5.32 Å². The van der Waals surface area contributed by atoms with Gasteiger partial charge in [0.05, 0.1) is 12.1 Å². The maximum absolute atomic E-state index is 11.9. The van der Waals surface area contributed by atoms with Gasteiger partial charge in [0, 0.05) is 19.1 Å². The van der Waals surface area contributed by atoms with Gasteiger partial charge in [-0.25, -0.2) is 0 Å². The number of carbonyl (C=O) groups is 1. The fourth-order valence-electron chi connectivity index (χ4n) is 3.11. The van der Waals surface area contributed by atoms with Crippen molar-refractivity contribution in [2.24, 2.45) is 5.92 Å². The summed E-state index contributed by atoms with van der Waals surface area (Å²) < 4.78 is 0. The molecule has 0 radical (unpaired) electrons. The molecule has 2 N–H and O–H groups in total. The van der Waals surface area contributed by atoms with E-state index in [9.17, 15) is 9.90 Å². The Kier molecular flexibility index (Phi) is 4.28. The van der Waals surface area contributed by atoms with Crippen molar-refractivity contribution in [3.8, 4) is 0 Å². The maximum atomic E-state index is 11.9. The van der Waals surface area contributed by atoms with Gasteiger partial charge in [-0.1, -0.05) is 26.7 Å². The van der Waals surface area contributed by atoms with Gasteiger partial charge < -0.3 is 10.4 Å². The summed E-state index contributed by atoms with van der Waals surface area (Å²) >= 11 is 0. The minimum Gasteiger partial charge on any atom is -0.387 e. The first kappa shape index (κ1) is 13.8. The molecular formula is C14H26N2O2. The van der Waals surface area contributed by atoms with Crippen molar-refractivity contribution >= 4 is 5.91 Å². The molecule has 104 valence electrons. The van der Waals surface area contributed by atoms with Gasteiger partial charge in [0.15, 0.2) is 0 Å². The van der Waals surface area contributed by atoms with Crippen LogP contribution in [0.1, 0.15) is 46.0 Å². The van der Waals surface area contributed by atoms with Crippen molar-refractivity contribution in [2.75, 3.05) is 19.6 Å². The second kappa shape index (κ2) is 5.57. The highest BCUT2D eigenvalue weighted by Crippen LogP contribution is 2.25. The molecule has 1 aliphatic heterocycles. The minimum absolute atomic E-state index is 0.118.